The molecule has 1 aromatic rings. The lowest BCUT2D eigenvalue weighted by Crippen LogP contribution is -2.28. The van der Waals surface area contributed by atoms with Gasteiger partial charge in [-0.25, -0.2) is 0 Å². The molecule has 0 radical (unpaired) electrons. The molecular formula is C15H22BrN. The zero-order valence-electron chi connectivity index (χ0n) is 10.6. The van der Waals surface area contributed by atoms with Crippen LogP contribution in [0.25, 0.3) is 0 Å². The Balaban J connectivity index is 1.90. The number of benzene rings is 1. The molecule has 1 fully saturated rings. The third-order valence-corrected chi connectivity index (χ3v) is 4.84. The van der Waals surface area contributed by atoms with Gasteiger partial charge in [0.2, 0.25) is 0 Å². The number of aryl methyl sites for hydroxylation is 1. The molecule has 2 rings (SSSR count). The first-order chi connectivity index (χ1) is 8.27. The van der Waals surface area contributed by atoms with E-state index in [1.807, 2.05) is 0 Å². The second kappa shape index (κ2) is 6.55. The Morgan fingerprint density at radius 1 is 1.18 bits per heavy atom. The second-order valence-electron chi connectivity index (χ2n) is 5.12. The maximum absolute atomic E-state index is 3.72. The van der Waals surface area contributed by atoms with E-state index in [2.05, 4.69) is 46.4 Å². The van der Waals surface area contributed by atoms with E-state index in [1.165, 1.54) is 54.1 Å². The quantitative estimate of drug-likeness (QED) is 0.806. The summed E-state index contributed by atoms with van der Waals surface area (Å²) in [7, 11) is 0. The highest BCUT2D eigenvalue weighted by atomic mass is 79.9. The fraction of sp³-hybridized carbons (Fsp3) is 0.600. The minimum absolute atomic E-state index is 0.727. The molecule has 17 heavy (non-hydrogen) atoms. The Labute approximate surface area is 113 Å². The van der Waals surface area contributed by atoms with Gasteiger partial charge in [-0.1, -0.05) is 59.8 Å². The van der Waals surface area contributed by atoms with Crippen molar-refractivity contribution >= 4 is 15.9 Å². The van der Waals surface area contributed by atoms with E-state index in [0.29, 0.717) is 0 Å². The average molecular weight is 296 g/mol. The molecule has 0 atom stereocenters. The Morgan fingerprint density at radius 3 is 2.59 bits per heavy atom. The standard InChI is InChI=1S/C15H22BrN/c1-12-7-6-8-13(15(12)16)11-17-14-9-4-2-3-5-10-14/h6-8,14,17H,2-5,9-11H2,1H3. The zero-order valence-corrected chi connectivity index (χ0v) is 12.2. The minimum atomic E-state index is 0.727. The summed E-state index contributed by atoms with van der Waals surface area (Å²) in [5.74, 6) is 0. The Hall–Kier alpha value is -0.340. The van der Waals surface area contributed by atoms with Crippen LogP contribution >= 0.6 is 15.9 Å². The molecule has 0 aliphatic heterocycles. The number of halogens is 1. The number of nitrogens with one attached hydrogen (secondary N) is 1. The summed E-state index contributed by atoms with van der Waals surface area (Å²) in [6, 6.07) is 7.23. The van der Waals surface area contributed by atoms with E-state index in [9.17, 15) is 0 Å². The summed E-state index contributed by atoms with van der Waals surface area (Å²) in [6.45, 7) is 3.15. The summed E-state index contributed by atoms with van der Waals surface area (Å²) in [4.78, 5) is 0. The number of rotatable bonds is 3. The Morgan fingerprint density at radius 2 is 1.88 bits per heavy atom. The maximum atomic E-state index is 3.72. The predicted molar refractivity (Wildman–Crippen MR) is 77.2 cm³/mol. The Bertz CT molecular complexity index is 354. The first-order valence-electron chi connectivity index (χ1n) is 6.75. The van der Waals surface area contributed by atoms with Crippen molar-refractivity contribution in [2.24, 2.45) is 0 Å². The van der Waals surface area contributed by atoms with Crippen molar-refractivity contribution in [3.63, 3.8) is 0 Å². The van der Waals surface area contributed by atoms with Crippen LogP contribution in [0.4, 0.5) is 0 Å². The van der Waals surface area contributed by atoms with Crippen LogP contribution in [0.15, 0.2) is 22.7 Å². The fourth-order valence-corrected chi connectivity index (χ4v) is 2.99. The van der Waals surface area contributed by atoms with E-state index < -0.39 is 0 Å². The van der Waals surface area contributed by atoms with E-state index in [1.54, 1.807) is 0 Å². The van der Waals surface area contributed by atoms with Crippen molar-refractivity contribution in [1.29, 1.82) is 0 Å². The molecule has 0 saturated heterocycles. The Kier molecular flexibility index (Phi) is 5.05. The monoisotopic (exact) mass is 295 g/mol. The van der Waals surface area contributed by atoms with Gasteiger partial charge in [-0.3, -0.25) is 0 Å². The van der Waals surface area contributed by atoms with Crippen molar-refractivity contribution in [2.75, 3.05) is 0 Å². The van der Waals surface area contributed by atoms with E-state index >= 15 is 0 Å². The van der Waals surface area contributed by atoms with Crippen LogP contribution in [-0.2, 0) is 6.54 Å². The molecule has 0 aromatic heterocycles. The van der Waals surface area contributed by atoms with Crippen LogP contribution < -0.4 is 5.32 Å². The molecule has 0 unspecified atom stereocenters. The van der Waals surface area contributed by atoms with Crippen LogP contribution in [0, 0.1) is 6.92 Å². The number of hydrogen-bond donors (Lipinski definition) is 1. The van der Waals surface area contributed by atoms with Crippen molar-refractivity contribution in [1.82, 2.24) is 5.32 Å². The molecule has 1 nitrogen and oxygen atoms in total. The molecule has 1 saturated carbocycles. The van der Waals surface area contributed by atoms with Crippen LogP contribution in [-0.4, -0.2) is 6.04 Å². The van der Waals surface area contributed by atoms with Crippen molar-refractivity contribution in [3.8, 4) is 0 Å². The lowest BCUT2D eigenvalue weighted by atomic mass is 10.1. The molecular weight excluding hydrogens is 274 g/mol. The zero-order chi connectivity index (χ0) is 12.1. The van der Waals surface area contributed by atoms with Crippen LogP contribution in [0.5, 0.6) is 0 Å². The van der Waals surface area contributed by atoms with Gasteiger partial charge < -0.3 is 5.32 Å². The van der Waals surface area contributed by atoms with Gasteiger partial charge in [-0.05, 0) is 30.9 Å². The van der Waals surface area contributed by atoms with Gasteiger partial charge in [-0.15, -0.1) is 0 Å². The summed E-state index contributed by atoms with van der Waals surface area (Å²) >= 11 is 3.68. The van der Waals surface area contributed by atoms with Gasteiger partial charge in [0.05, 0.1) is 0 Å². The molecule has 1 aliphatic rings. The highest BCUT2D eigenvalue weighted by molar-refractivity contribution is 9.10. The van der Waals surface area contributed by atoms with Crippen LogP contribution in [0.3, 0.4) is 0 Å². The second-order valence-corrected chi connectivity index (χ2v) is 5.91. The first-order valence-corrected chi connectivity index (χ1v) is 7.54. The average Bonchev–Trinajstić information content (AvgIpc) is 2.59. The molecule has 2 heteroatoms. The number of hydrogen-bond acceptors (Lipinski definition) is 1. The molecule has 0 heterocycles. The summed E-state index contributed by atoms with van der Waals surface area (Å²) in [5.41, 5.74) is 2.71. The van der Waals surface area contributed by atoms with Crippen molar-refractivity contribution in [3.05, 3.63) is 33.8 Å². The van der Waals surface area contributed by atoms with Gasteiger partial charge in [0.15, 0.2) is 0 Å². The van der Waals surface area contributed by atoms with Gasteiger partial charge in [0, 0.05) is 17.1 Å². The van der Waals surface area contributed by atoms with E-state index in [0.717, 1.165) is 12.6 Å². The van der Waals surface area contributed by atoms with Gasteiger partial charge in [0.25, 0.3) is 0 Å². The highest BCUT2D eigenvalue weighted by Gasteiger charge is 2.12. The SMILES string of the molecule is Cc1cccc(CNC2CCCCCC2)c1Br. The molecule has 0 bridgehead atoms. The summed E-state index contributed by atoms with van der Waals surface area (Å²) in [5, 5.41) is 3.72. The topological polar surface area (TPSA) is 12.0 Å². The van der Waals surface area contributed by atoms with Gasteiger partial charge in [-0.2, -0.15) is 0 Å². The summed E-state index contributed by atoms with van der Waals surface area (Å²) < 4.78 is 1.26. The molecule has 1 aromatic carbocycles. The summed E-state index contributed by atoms with van der Waals surface area (Å²) in [6.07, 6.45) is 8.34. The fourth-order valence-electron chi connectivity index (χ4n) is 2.58. The van der Waals surface area contributed by atoms with Gasteiger partial charge in [0.1, 0.15) is 0 Å². The lowest BCUT2D eigenvalue weighted by Gasteiger charge is -2.17. The molecule has 0 amide bonds. The molecule has 1 aliphatic carbocycles. The third-order valence-electron chi connectivity index (χ3n) is 3.71. The minimum Gasteiger partial charge on any atom is -0.310 e. The van der Waals surface area contributed by atoms with Crippen LogP contribution in [0.2, 0.25) is 0 Å². The predicted octanol–water partition coefficient (Wildman–Crippen LogP) is 4.57. The van der Waals surface area contributed by atoms with Crippen LogP contribution in [0.1, 0.15) is 49.7 Å². The molecule has 1 N–H and O–H groups in total. The maximum Gasteiger partial charge on any atom is 0.0249 e. The normalized spacial score (nSPS) is 18.0. The van der Waals surface area contributed by atoms with Crippen molar-refractivity contribution < 1.29 is 0 Å². The highest BCUT2D eigenvalue weighted by Crippen LogP contribution is 2.22. The van der Waals surface area contributed by atoms with Gasteiger partial charge >= 0.3 is 0 Å². The molecule has 94 valence electrons. The van der Waals surface area contributed by atoms with Crippen molar-refractivity contribution in [2.45, 2.75) is 58.0 Å². The molecule has 0 spiro atoms. The van der Waals surface area contributed by atoms with E-state index in [4.69, 9.17) is 0 Å². The lowest BCUT2D eigenvalue weighted by molar-refractivity contribution is 0.458. The largest absolute Gasteiger partial charge is 0.310 e. The third kappa shape index (κ3) is 3.82. The van der Waals surface area contributed by atoms with E-state index in [-0.39, 0.29) is 0 Å². The smallest absolute Gasteiger partial charge is 0.0249 e. The first kappa shape index (κ1) is 13.1.